The average molecular weight is 159 g/mol. The van der Waals surface area contributed by atoms with Gasteiger partial charge in [0.1, 0.15) is 0 Å². The van der Waals surface area contributed by atoms with E-state index in [1.54, 1.807) is 0 Å². The standard InChI is InChI=1S/C5H11N.C3H8.C2H6/c1-3-4-5-6-2;1-3-2;1-2/h4-6H,3H2,1-2H3;3H2,1-2H3;1-2H3/b5-4-;;. The van der Waals surface area contributed by atoms with Crippen LogP contribution in [0.4, 0.5) is 0 Å². The Balaban J connectivity index is -0.000000109. The molecule has 1 nitrogen and oxygen atoms in total. The minimum absolute atomic E-state index is 1.11. The highest BCUT2D eigenvalue weighted by Gasteiger charge is 1.57. The van der Waals surface area contributed by atoms with Crippen molar-refractivity contribution < 1.29 is 0 Å². The Morgan fingerprint density at radius 3 is 1.55 bits per heavy atom. The second-order valence-corrected chi connectivity index (χ2v) is 1.81. The summed E-state index contributed by atoms with van der Waals surface area (Å²) in [4.78, 5) is 0. The second kappa shape index (κ2) is 33.8. The predicted octanol–water partition coefficient (Wildman–Crippen LogP) is 3.57. The molecule has 70 valence electrons. The first-order valence-electron chi connectivity index (χ1n) is 4.65. The highest BCUT2D eigenvalue weighted by molar-refractivity contribution is 4.74. The molecule has 0 fully saturated rings. The summed E-state index contributed by atoms with van der Waals surface area (Å²) in [5.41, 5.74) is 0. The molecule has 0 rings (SSSR count). The van der Waals surface area contributed by atoms with E-state index in [1.165, 1.54) is 6.42 Å². The lowest BCUT2D eigenvalue weighted by Gasteiger charge is -1.79. The molecule has 0 aliphatic heterocycles. The summed E-state index contributed by atoms with van der Waals surface area (Å²) in [6.45, 7) is 10.4. The molecule has 0 saturated heterocycles. The molecule has 0 atom stereocenters. The number of hydrogen-bond acceptors (Lipinski definition) is 1. The van der Waals surface area contributed by atoms with Gasteiger partial charge in [0.25, 0.3) is 0 Å². The van der Waals surface area contributed by atoms with Gasteiger partial charge in [-0.3, -0.25) is 0 Å². The first kappa shape index (κ1) is 16.9. The summed E-state index contributed by atoms with van der Waals surface area (Å²) in [5, 5.41) is 2.89. The van der Waals surface area contributed by atoms with E-state index in [0.717, 1.165) is 6.42 Å². The summed E-state index contributed by atoms with van der Waals surface area (Å²) in [5.74, 6) is 0. The first-order chi connectivity index (χ1) is 5.33. The van der Waals surface area contributed by atoms with Gasteiger partial charge >= 0.3 is 0 Å². The fraction of sp³-hybridized carbons (Fsp3) is 0.800. The maximum absolute atomic E-state index is 2.89. The van der Waals surface area contributed by atoms with Crippen LogP contribution in [-0.4, -0.2) is 7.05 Å². The zero-order chi connectivity index (χ0) is 9.54. The van der Waals surface area contributed by atoms with Gasteiger partial charge in [0.15, 0.2) is 0 Å². The average Bonchev–Trinajstić information content (AvgIpc) is 2.06. The molecule has 0 saturated carbocycles. The number of nitrogens with one attached hydrogen (secondary N) is 1. The molecule has 0 amide bonds. The monoisotopic (exact) mass is 159 g/mol. The third kappa shape index (κ3) is 84.1. The van der Waals surface area contributed by atoms with E-state index in [2.05, 4.69) is 32.2 Å². The van der Waals surface area contributed by atoms with Crippen LogP contribution in [0.2, 0.25) is 0 Å². The molecule has 0 spiro atoms. The van der Waals surface area contributed by atoms with Crippen LogP contribution in [0.5, 0.6) is 0 Å². The third-order valence-corrected chi connectivity index (χ3v) is 0.520. The smallest absolute Gasteiger partial charge is 0.00276 e. The van der Waals surface area contributed by atoms with E-state index >= 15 is 0 Å². The summed E-state index contributed by atoms with van der Waals surface area (Å²) in [6, 6.07) is 0. The molecule has 0 aromatic carbocycles. The number of rotatable bonds is 2. The molecule has 0 bridgehead atoms. The minimum atomic E-state index is 1.11. The maximum Gasteiger partial charge on any atom is 0.00276 e. The van der Waals surface area contributed by atoms with Crippen LogP contribution in [0.15, 0.2) is 12.3 Å². The molecule has 0 aromatic rings. The topological polar surface area (TPSA) is 12.0 Å². The Hall–Kier alpha value is -0.460. The van der Waals surface area contributed by atoms with Crippen molar-refractivity contribution in [1.29, 1.82) is 0 Å². The van der Waals surface area contributed by atoms with Crippen molar-refractivity contribution in [2.24, 2.45) is 0 Å². The van der Waals surface area contributed by atoms with Gasteiger partial charge in [-0.1, -0.05) is 47.1 Å². The Labute approximate surface area is 72.9 Å². The van der Waals surface area contributed by atoms with Crippen molar-refractivity contribution in [3.63, 3.8) is 0 Å². The highest BCUT2D eigenvalue weighted by Crippen LogP contribution is 1.72. The molecule has 0 aliphatic carbocycles. The summed E-state index contributed by atoms with van der Waals surface area (Å²) in [7, 11) is 1.90. The molecule has 0 aromatic heterocycles. The van der Waals surface area contributed by atoms with E-state index in [4.69, 9.17) is 0 Å². The van der Waals surface area contributed by atoms with E-state index in [1.807, 2.05) is 27.1 Å². The molecule has 11 heavy (non-hydrogen) atoms. The first-order valence-corrected chi connectivity index (χ1v) is 4.65. The molecule has 0 aliphatic rings. The highest BCUT2D eigenvalue weighted by atomic mass is 14.8. The molecule has 0 unspecified atom stereocenters. The third-order valence-electron chi connectivity index (χ3n) is 0.520. The normalized spacial score (nSPS) is 7.45. The van der Waals surface area contributed by atoms with Crippen LogP contribution >= 0.6 is 0 Å². The lowest BCUT2D eigenvalue weighted by atomic mass is 10.5. The van der Waals surface area contributed by atoms with E-state index in [9.17, 15) is 0 Å². The van der Waals surface area contributed by atoms with Gasteiger partial charge in [-0.25, -0.2) is 0 Å². The van der Waals surface area contributed by atoms with Gasteiger partial charge in [-0.2, -0.15) is 0 Å². The quantitative estimate of drug-likeness (QED) is 0.649. The van der Waals surface area contributed by atoms with E-state index < -0.39 is 0 Å². The summed E-state index contributed by atoms with van der Waals surface area (Å²) < 4.78 is 0. The summed E-state index contributed by atoms with van der Waals surface area (Å²) >= 11 is 0. The molecule has 1 heteroatoms. The molecular formula is C10H25N. The van der Waals surface area contributed by atoms with Gasteiger partial charge in [0.05, 0.1) is 0 Å². The fourth-order valence-corrected chi connectivity index (χ4v) is 0.236. The second-order valence-electron chi connectivity index (χ2n) is 1.81. The Bertz CT molecular complexity index is 42.8. The van der Waals surface area contributed by atoms with Gasteiger partial charge in [-0.05, 0) is 12.6 Å². The molecule has 0 heterocycles. The molecular weight excluding hydrogens is 134 g/mol. The van der Waals surface area contributed by atoms with Gasteiger partial charge in [0, 0.05) is 7.05 Å². The zero-order valence-electron chi connectivity index (χ0n) is 9.07. The van der Waals surface area contributed by atoms with Crippen LogP contribution in [0.3, 0.4) is 0 Å². The zero-order valence-corrected chi connectivity index (χ0v) is 9.07. The van der Waals surface area contributed by atoms with Crippen molar-refractivity contribution in [3.05, 3.63) is 12.3 Å². The van der Waals surface area contributed by atoms with Gasteiger partial charge in [0.2, 0.25) is 0 Å². The molecule has 0 radical (unpaired) electrons. The predicted molar refractivity (Wildman–Crippen MR) is 55.8 cm³/mol. The van der Waals surface area contributed by atoms with Crippen molar-refractivity contribution >= 4 is 0 Å². The Morgan fingerprint density at radius 1 is 1.09 bits per heavy atom. The van der Waals surface area contributed by atoms with Crippen molar-refractivity contribution in [1.82, 2.24) is 5.32 Å². The summed E-state index contributed by atoms with van der Waals surface area (Å²) in [6.07, 6.45) is 6.36. The van der Waals surface area contributed by atoms with Crippen molar-refractivity contribution in [2.45, 2.75) is 47.5 Å². The number of allylic oxidation sites excluding steroid dienone is 1. The van der Waals surface area contributed by atoms with E-state index in [-0.39, 0.29) is 0 Å². The van der Waals surface area contributed by atoms with Crippen LogP contribution in [0.25, 0.3) is 0 Å². The Kier molecular flexibility index (Phi) is 51.8. The minimum Gasteiger partial charge on any atom is -0.394 e. The lowest BCUT2D eigenvalue weighted by Crippen LogP contribution is -1.89. The number of hydrogen-bond donors (Lipinski definition) is 1. The van der Waals surface area contributed by atoms with Crippen molar-refractivity contribution in [3.8, 4) is 0 Å². The fourth-order valence-electron chi connectivity index (χ4n) is 0.236. The van der Waals surface area contributed by atoms with Crippen LogP contribution in [0.1, 0.15) is 47.5 Å². The van der Waals surface area contributed by atoms with E-state index in [0.29, 0.717) is 0 Å². The van der Waals surface area contributed by atoms with Crippen LogP contribution < -0.4 is 5.32 Å². The van der Waals surface area contributed by atoms with Crippen molar-refractivity contribution in [2.75, 3.05) is 7.05 Å². The Morgan fingerprint density at radius 2 is 1.45 bits per heavy atom. The van der Waals surface area contributed by atoms with Gasteiger partial charge < -0.3 is 5.32 Å². The SMILES string of the molecule is CC.CC/C=C\NC.CCC. The largest absolute Gasteiger partial charge is 0.394 e. The van der Waals surface area contributed by atoms with Crippen LogP contribution in [-0.2, 0) is 0 Å². The van der Waals surface area contributed by atoms with Gasteiger partial charge in [-0.15, -0.1) is 0 Å². The molecule has 1 N–H and O–H groups in total. The lowest BCUT2D eigenvalue weighted by molar-refractivity contribution is 1.07. The maximum atomic E-state index is 2.89. The van der Waals surface area contributed by atoms with Crippen LogP contribution in [0, 0.1) is 0 Å².